The minimum Gasteiger partial charge on any atom is -0.446 e. The van der Waals surface area contributed by atoms with E-state index in [4.69, 9.17) is 14.3 Å². The molecule has 0 aliphatic carbocycles. The molecule has 0 unspecified atom stereocenters. The van der Waals surface area contributed by atoms with Gasteiger partial charge in [0.15, 0.2) is 5.69 Å². The molecule has 22 heavy (non-hydrogen) atoms. The average Bonchev–Trinajstić information content (AvgIpc) is 2.82. The maximum atomic E-state index is 11.9. The number of nitrogens with zero attached hydrogens (tertiary/aromatic N) is 1. The van der Waals surface area contributed by atoms with Crippen LogP contribution in [0, 0.1) is 0 Å². The van der Waals surface area contributed by atoms with Crippen LogP contribution in [0.4, 0.5) is 4.79 Å². The summed E-state index contributed by atoms with van der Waals surface area (Å²) in [5.41, 5.74) is -1.28. The molecule has 0 spiro atoms. The van der Waals surface area contributed by atoms with Crippen molar-refractivity contribution in [3.8, 4) is 0 Å². The second-order valence-electron chi connectivity index (χ2n) is 6.48. The first-order valence-corrected chi connectivity index (χ1v) is 6.87. The Labute approximate surface area is 129 Å². The topological polar surface area (TPSA) is 114 Å². The minimum absolute atomic E-state index is 0.00554. The van der Waals surface area contributed by atoms with Crippen LogP contribution in [0.5, 0.6) is 0 Å². The van der Waals surface area contributed by atoms with Gasteiger partial charge in [-0.15, -0.1) is 0 Å². The number of carbonyl (C=O) groups excluding carboxylic acids is 2. The number of rotatable bonds is 5. The molecule has 2 amide bonds. The summed E-state index contributed by atoms with van der Waals surface area (Å²) in [7, 11) is 0. The normalized spacial score (nSPS) is 11.9. The molecular formula is C14H23N3O5. The Bertz CT molecular complexity index is 531. The van der Waals surface area contributed by atoms with E-state index >= 15 is 0 Å². The zero-order valence-electron chi connectivity index (χ0n) is 13.5. The molecule has 8 heteroatoms. The van der Waals surface area contributed by atoms with Gasteiger partial charge in [-0.2, -0.15) is 0 Å². The number of alkyl carbamates (subject to hydrolysis) is 1. The molecule has 0 bridgehead atoms. The highest BCUT2D eigenvalue weighted by Gasteiger charge is 2.22. The molecule has 0 saturated heterocycles. The predicted molar refractivity (Wildman–Crippen MR) is 78.2 cm³/mol. The summed E-state index contributed by atoms with van der Waals surface area (Å²) in [6.45, 7) is 8.41. The van der Waals surface area contributed by atoms with Crippen molar-refractivity contribution in [1.82, 2.24) is 15.6 Å². The smallest absolute Gasteiger partial charge is 0.408 e. The molecule has 0 atom stereocenters. The zero-order chi connectivity index (χ0) is 17.0. The Morgan fingerprint density at radius 3 is 2.50 bits per heavy atom. The van der Waals surface area contributed by atoms with Crippen molar-refractivity contribution >= 4 is 12.0 Å². The van der Waals surface area contributed by atoms with Gasteiger partial charge in [0, 0.05) is 0 Å². The van der Waals surface area contributed by atoms with Crippen molar-refractivity contribution in [1.29, 1.82) is 0 Å². The lowest BCUT2D eigenvalue weighted by molar-refractivity contribution is 0.0518. The predicted octanol–water partition coefficient (Wildman–Crippen LogP) is 1.20. The molecule has 0 aliphatic heterocycles. The first-order chi connectivity index (χ1) is 10.0. The summed E-state index contributed by atoms with van der Waals surface area (Å²) >= 11 is 0. The van der Waals surface area contributed by atoms with Crippen molar-refractivity contribution in [3.63, 3.8) is 0 Å². The van der Waals surface area contributed by atoms with Gasteiger partial charge in [0.05, 0.1) is 18.7 Å². The third-order valence-corrected chi connectivity index (χ3v) is 2.41. The molecule has 0 aliphatic rings. The van der Waals surface area contributed by atoms with Crippen molar-refractivity contribution < 1.29 is 23.8 Å². The van der Waals surface area contributed by atoms with Gasteiger partial charge in [0.25, 0.3) is 5.91 Å². The minimum atomic E-state index is -0.759. The van der Waals surface area contributed by atoms with Crippen LogP contribution in [-0.2, 0) is 11.3 Å². The summed E-state index contributed by atoms with van der Waals surface area (Å²) in [6.07, 6.45) is 0.590. The fourth-order valence-corrected chi connectivity index (χ4v) is 1.37. The molecule has 1 rings (SSSR count). The van der Waals surface area contributed by atoms with Gasteiger partial charge in [-0.1, -0.05) is 0 Å². The average molecular weight is 313 g/mol. The summed E-state index contributed by atoms with van der Waals surface area (Å²) in [4.78, 5) is 27.4. The molecular weight excluding hydrogens is 290 g/mol. The molecule has 0 aromatic carbocycles. The van der Waals surface area contributed by atoms with E-state index in [9.17, 15) is 9.59 Å². The van der Waals surface area contributed by atoms with Gasteiger partial charge in [-0.25, -0.2) is 9.78 Å². The van der Waals surface area contributed by atoms with E-state index in [1.165, 1.54) is 6.26 Å². The highest BCUT2D eigenvalue weighted by Crippen LogP contribution is 2.08. The van der Waals surface area contributed by atoms with Crippen molar-refractivity contribution in [2.24, 2.45) is 0 Å². The van der Waals surface area contributed by atoms with E-state index in [0.29, 0.717) is 0 Å². The molecule has 1 heterocycles. The number of ether oxygens (including phenoxy) is 1. The summed E-state index contributed by atoms with van der Waals surface area (Å²) < 4.78 is 10.2. The van der Waals surface area contributed by atoms with Crippen LogP contribution in [-0.4, -0.2) is 39.8 Å². The van der Waals surface area contributed by atoms with E-state index in [0.717, 1.165) is 0 Å². The molecule has 8 nitrogen and oxygen atoms in total. The second-order valence-corrected chi connectivity index (χ2v) is 6.48. The molecule has 3 N–H and O–H groups in total. The van der Waals surface area contributed by atoms with E-state index < -0.39 is 23.1 Å². The number of nitrogens with one attached hydrogen (secondary N) is 2. The van der Waals surface area contributed by atoms with Crippen LogP contribution >= 0.6 is 0 Å². The maximum Gasteiger partial charge on any atom is 0.408 e. The first kappa shape index (κ1) is 18.0. The SMILES string of the molecule is CC(C)(CO)NC(=O)c1coc(CNC(=O)OC(C)(C)C)n1. The number of aliphatic hydroxyl groups is 1. The Balaban J connectivity index is 2.54. The number of amides is 2. The van der Waals surface area contributed by atoms with Crippen molar-refractivity contribution in [2.75, 3.05) is 6.61 Å². The number of carbonyl (C=O) groups is 2. The van der Waals surface area contributed by atoms with Gasteiger partial charge < -0.3 is 24.9 Å². The highest BCUT2D eigenvalue weighted by atomic mass is 16.6. The fraction of sp³-hybridized carbons (Fsp3) is 0.643. The summed E-state index contributed by atoms with van der Waals surface area (Å²) in [6, 6.07) is 0. The number of aromatic nitrogens is 1. The van der Waals surface area contributed by atoms with Crippen molar-refractivity contribution in [2.45, 2.75) is 52.3 Å². The Morgan fingerprint density at radius 1 is 1.32 bits per heavy atom. The van der Waals surface area contributed by atoms with E-state index in [-0.39, 0.29) is 24.7 Å². The number of oxazole rings is 1. The van der Waals surface area contributed by atoms with E-state index in [1.54, 1.807) is 34.6 Å². The highest BCUT2D eigenvalue weighted by molar-refractivity contribution is 5.92. The number of hydrogen-bond donors (Lipinski definition) is 3. The van der Waals surface area contributed by atoms with Crippen LogP contribution in [0.2, 0.25) is 0 Å². The van der Waals surface area contributed by atoms with Gasteiger partial charge >= 0.3 is 6.09 Å². The zero-order valence-corrected chi connectivity index (χ0v) is 13.5. The third kappa shape index (κ3) is 6.13. The summed E-state index contributed by atoms with van der Waals surface area (Å²) in [5.74, 6) is -0.288. The van der Waals surface area contributed by atoms with Crippen LogP contribution in [0.25, 0.3) is 0 Å². The molecule has 0 radical (unpaired) electrons. The number of hydrogen-bond acceptors (Lipinski definition) is 6. The molecule has 1 aromatic heterocycles. The van der Waals surface area contributed by atoms with Gasteiger partial charge in [-0.05, 0) is 34.6 Å². The lowest BCUT2D eigenvalue weighted by atomic mass is 10.1. The first-order valence-electron chi connectivity index (χ1n) is 6.87. The molecule has 1 aromatic rings. The largest absolute Gasteiger partial charge is 0.446 e. The quantitative estimate of drug-likeness (QED) is 0.752. The van der Waals surface area contributed by atoms with Crippen molar-refractivity contribution in [3.05, 3.63) is 17.8 Å². The number of aliphatic hydroxyl groups excluding tert-OH is 1. The van der Waals surface area contributed by atoms with Crippen LogP contribution in [0.15, 0.2) is 10.7 Å². The monoisotopic (exact) mass is 313 g/mol. The van der Waals surface area contributed by atoms with E-state index in [1.807, 2.05) is 0 Å². The summed E-state index contributed by atoms with van der Waals surface area (Å²) in [5, 5.41) is 14.2. The van der Waals surface area contributed by atoms with Gasteiger partial charge in [0.1, 0.15) is 11.9 Å². The van der Waals surface area contributed by atoms with Gasteiger partial charge in [-0.3, -0.25) is 4.79 Å². The Morgan fingerprint density at radius 2 is 1.95 bits per heavy atom. The Hall–Kier alpha value is -2.09. The maximum absolute atomic E-state index is 11.9. The molecule has 0 saturated carbocycles. The molecule has 124 valence electrons. The Kier molecular flexibility index (Phi) is 5.54. The second kappa shape index (κ2) is 6.78. The van der Waals surface area contributed by atoms with E-state index in [2.05, 4.69) is 15.6 Å². The van der Waals surface area contributed by atoms with Gasteiger partial charge in [0.2, 0.25) is 5.89 Å². The fourth-order valence-electron chi connectivity index (χ4n) is 1.37. The molecule has 0 fully saturated rings. The van der Waals surface area contributed by atoms with Crippen LogP contribution < -0.4 is 10.6 Å². The lowest BCUT2D eigenvalue weighted by Gasteiger charge is -2.22. The van der Waals surface area contributed by atoms with Crippen LogP contribution in [0.1, 0.15) is 51.0 Å². The standard InChI is InChI=1S/C14H23N3O5/c1-13(2,3)22-12(20)15-6-10-16-9(7-21-10)11(19)17-14(4,5)8-18/h7,18H,6,8H2,1-5H3,(H,15,20)(H,17,19). The van der Waals surface area contributed by atoms with Crippen LogP contribution in [0.3, 0.4) is 0 Å². The third-order valence-electron chi connectivity index (χ3n) is 2.41. The lowest BCUT2D eigenvalue weighted by Crippen LogP contribution is -2.46.